The number of allylic oxidation sites excluding steroid dienone is 2. The number of carbonyl (C=O) groups excluding carboxylic acids is 1. The van der Waals surface area contributed by atoms with E-state index in [1.54, 1.807) is 0 Å². The fourth-order valence-corrected chi connectivity index (χ4v) is 2.85. The van der Waals surface area contributed by atoms with Crippen molar-refractivity contribution < 1.29 is 14.3 Å². The van der Waals surface area contributed by atoms with Gasteiger partial charge in [0.1, 0.15) is 5.75 Å². The van der Waals surface area contributed by atoms with Gasteiger partial charge in [-0.15, -0.1) is 0 Å². The van der Waals surface area contributed by atoms with Gasteiger partial charge in [-0.05, 0) is 51.7 Å². The molecule has 0 fully saturated rings. The first kappa shape index (κ1) is 17.3. The van der Waals surface area contributed by atoms with E-state index in [2.05, 4.69) is 44.7 Å². The first-order chi connectivity index (χ1) is 10.9. The minimum absolute atomic E-state index is 0.0414. The molecule has 2 rings (SSSR count). The van der Waals surface area contributed by atoms with Gasteiger partial charge in [0.15, 0.2) is 0 Å². The Morgan fingerprint density at radius 2 is 2.13 bits per heavy atom. The average molecular weight is 314 g/mol. The predicted molar refractivity (Wildman–Crippen MR) is 92.6 cm³/mol. The quantitative estimate of drug-likeness (QED) is 0.602. The summed E-state index contributed by atoms with van der Waals surface area (Å²) in [5.74, 6) is 0.490. The standard InChI is InChI=1S/C20H26O3/c1-6-22-20(21)19-17(14(4)5)12-16-9-7-8-15(18(16)23-19)11-10-13(2)3/h7-10,17,19H,4,6,11-12H2,1-3,5H3. The molecule has 23 heavy (non-hydrogen) atoms. The molecule has 1 aromatic rings. The monoisotopic (exact) mass is 314 g/mol. The summed E-state index contributed by atoms with van der Waals surface area (Å²) in [7, 11) is 0. The van der Waals surface area contributed by atoms with Gasteiger partial charge < -0.3 is 9.47 Å². The Morgan fingerprint density at radius 3 is 2.74 bits per heavy atom. The van der Waals surface area contributed by atoms with Crippen LogP contribution in [0, 0.1) is 5.92 Å². The highest BCUT2D eigenvalue weighted by Crippen LogP contribution is 2.37. The van der Waals surface area contributed by atoms with Gasteiger partial charge in [-0.25, -0.2) is 4.79 Å². The highest BCUT2D eigenvalue weighted by molar-refractivity contribution is 5.77. The Kier molecular flexibility index (Phi) is 5.64. The molecule has 0 N–H and O–H groups in total. The Morgan fingerprint density at radius 1 is 1.39 bits per heavy atom. The summed E-state index contributed by atoms with van der Waals surface area (Å²) < 4.78 is 11.3. The number of benzene rings is 1. The summed E-state index contributed by atoms with van der Waals surface area (Å²) in [6, 6.07) is 6.18. The first-order valence-electron chi connectivity index (χ1n) is 8.16. The zero-order valence-corrected chi connectivity index (χ0v) is 14.5. The lowest BCUT2D eigenvalue weighted by Crippen LogP contribution is -2.41. The van der Waals surface area contributed by atoms with E-state index in [4.69, 9.17) is 9.47 Å². The predicted octanol–water partition coefficient (Wildman–Crippen LogP) is 4.25. The lowest BCUT2D eigenvalue weighted by atomic mass is 9.85. The molecule has 2 atom stereocenters. The van der Waals surface area contributed by atoms with Crippen LogP contribution in [0.4, 0.5) is 0 Å². The zero-order valence-electron chi connectivity index (χ0n) is 14.5. The summed E-state index contributed by atoms with van der Waals surface area (Å²) in [6.45, 7) is 12.3. The van der Waals surface area contributed by atoms with Crippen LogP contribution in [-0.2, 0) is 22.4 Å². The molecule has 0 saturated carbocycles. The smallest absolute Gasteiger partial charge is 0.347 e. The Hall–Kier alpha value is -2.03. The van der Waals surface area contributed by atoms with Crippen molar-refractivity contribution in [3.05, 3.63) is 53.1 Å². The SMILES string of the molecule is C=C(C)C1Cc2cccc(CC=C(C)C)c2OC1C(=O)OCC. The fourth-order valence-electron chi connectivity index (χ4n) is 2.85. The molecule has 1 aliphatic heterocycles. The third kappa shape index (κ3) is 4.04. The fraction of sp³-hybridized carbons (Fsp3) is 0.450. The summed E-state index contributed by atoms with van der Waals surface area (Å²) in [5.41, 5.74) is 4.46. The van der Waals surface area contributed by atoms with Gasteiger partial charge in [-0.1, -0.05) is 42.0 Å². The van der Waals surface area contributed by atoms with E-state index in [9.17, 15) is 4.79 Å². The molecule has 124 valence electrons. The maximum atomic E-state index is 12.3. The van der Waals surface area contributed by atoms with Gasteiger partial charge in [0.2, 0.25) is 6.10 Å². The van der Waals surface area contributed by atoms with Crippen molar-refractivity contribution >= 4 is 5.97 Å². The van der Waals surface area contributed by atoms with Gasteiger partial charge in [0.25, 0.3) is 0 Å². The molecule has 0 amide bonds. The second-order valence-electron chi connectivity index (χ2n) is 6.34. The summed E-state index contributed by atoms with van der Waals surface area (Å²) in [5, 5.41) is 0. The number of rotatable bonds is 5. The Balaban J connectivity index is 2.36. The zero-order chi connectivity index (χ0) is 17.0. The molecule has 0 radical (unpaired) electrons. The molecular weight excluding hydrogens is 288 g/mol. The first-order valence-corrected chi connectivity index (χ1v) is 8.16. The number of fused-ring (bicyclic) bond motifs is 1. The Bertz CT molecular complexity index is 624. The van der Waals surface area contributed by atoms with E-state index < -0.39 is 6.10 Å². The van der Waals surface area contributed by atoms with Gasteiger partial charge in [-0.3, -0.25) is 0 Å². The van der Waals surface area contributed by atoms with Crippen LogP contribution in [0.5, 0.6) is 5.75 Å². The molecule has 1 heterocycles. The van der Waals surface area contributed by atoms with Crippen LogP contribution in [0.2, 0.25) is 0 Å². The van der Waals surface area contributed by atoms with Crippen LogP contribution in [0.25, 0.3) is 0 Å². The van der Waals surface area contributed by atoms with E-state index in [0.29, 0.717) is 6.61 Å². The second kappa shape index (κ2) is 7.49. The largest absolute Gasteiger partial charge is 0.477 e. The lowest BCUT2D eigenvalue weighted by molar-refractivity contribution is -0.154. The van der Waals surface area contributed by atoms with Crippen molar-refractivity contribution in [1.29, 1.82) is 0 Å². The average Bonchev–Trinajstić information content (AvgIpc) is 2.51. The molecule has 0 aliphatic carbocycles. The van der Waals surface area contributed by atoms with Crippen molar-refractivity contribution in [2.45, 2.75) is 46.6 Å². The van der Waals surface area contributed by atoms with Crippen LogP contribution in [0.3, 0.4) is 0 Å². The number of carbonyl (C=O) groups is 1. The normalized spacial score (nSPS) is 19.3. The number of para-hydroxylation sites is 1. The molecule has 2 unspecified atom stereocenters. The van der Waals surface area contributed by atoms with E-state index in [1.165, 1.54) is 5.57 Å². The maximum Gasteiger partial charge on any atom is 0.347 e. The van der Waals surface area contributed by atoms with E-state index in [0.717, 1.165) is 35.3 Å². The van der Waals surface area contributed by atoms with Crippen molar-refractivity contribution in [1.82, 2.24) is 0 Å². The number of hydrogen-bond acceptors (Lipinski definition) is 3. The minimum Gasteiger partial charge on any atom is -0.477 e. The highest BCUT2D eigenvalue weighted by Gasteiger charge is 2.37. The van der Waals surface area contributed by atoms with Crippen molar-refractivity contribution in [3.63, 3.8) is 0 Å². The molecule has 3 heteroatoms. The molecule has 1 aromatic carbocycles. The molecule has 0 bridgehead atoms. The van der Waals surface area contributed by atoms with Gasteiger partial charge in [-0.2, -0.15) is 0 Å². The van der Waals surface area contributed by atoms with Crippen LogP contribution in [0.15, 0.2) is 42.0 Å². The number of hydrogen-bond donors (Lipinski definition) is 0. The van der Waals surface area contributed by atoms with Gasteiger partial charge >= 0.3 is 5.97 Å². The summed E-state index contributed by atoms with van der Waals surface area (Å²) in [4.78, 5) is 12.3. The van der Waals surface area contributed by atoms with Crippen molar-refractivity contribution in [2.24, 2.45) is 5.92 Å². The maximum absolute atomic E-state index is 12.3. The number of esters is 1. The summed E-state index contributed by atoms with van der Waals surface area (Å²) in [6.07, 6.45) is 3.13. The van der Waals surface area contributed by atoms with Gasteiger partial charge in [0.05, 0.1) is 6.61 Å². The third-order valence-electron chi connectivity index (χ3n) is 4.11. The second-order valence-corrected chi connectivity index (χ2v) is 6.34. The topological polar surface area (TPSA) is 35.5 Å². The van der Waals surface area contributed by atoms with Crippen LogP contribution < -0.4 is 4.74 Å². The molecular formula is C20H26O3. The van der Waals surface area contributed by atoms with Gasteiger partial charge in [0, 0.05) is 5.92 Å². The lowest BCUT2D eigenvalue weighted by Gasteiger charge is -2.33. The molecule has 0 spiro atoms. The Labute approximate surface area is 139 Å². The van der Waals surface area contributed by atoms with E-state index >= 15 is 0 Å². The summed E-state index contributed by atoms with van der Waals surface area (Å²) >= 11 is 0. The third-order valence-corrected chi connectivity index (χ3v) is 4.11. The van der Waals surface area contributed by atoms with Crippen LogP contribution in [0.1, 0.15) is 38.8 Å². The van der Waals surface area contributed by atoms with Crippen molar-refractivity contribution in [3.8, 4) is 5.75 Å². The number of ether oxygens (including phenoxy) is 2. The van der Waals surface area contributed by atoms with Crippen LogP contribution >= 0.6 is 0 Å². The molecule has 0 aromatic heterocycles. The van der Waals surface area contributed by atoms with Crippen LogP contribution in [-0.4, -0.2) is 18.7 Å². The van der Waals surface area contributed by atoms with Crippen molar-refractivity contribution in [2.75, 3.05) is 6.61 Å². The highest BCUT2D eigenvalue weighted by atomic mass is 16.6. The minimum atomic E-state index is -0.604. The van der Waals surface area contributed by atoms with E-state index in [-0.39, 0.29) is 11.9 Å². The molecule has 0 saturated heterocycles. The molecule has 1 aliphatic rings. The van der Waals surface area contributed by atoms with E-state index in [1.807, 2.05) is 13.8 Å². The molecule has 3 nitrogen and oxygen atoms in total.